The Morgan fingerprint density at radius 3 is 2.88 bits per heavy atom. The lowest BCUT2D eigenvalue weighted by Gasteiger charge is -2.20. The van der Waals surface area contributed by atoms with E-state index in [9.17, 15) is 8.42 Å². The minimum absolute atomic E-state index is 0.106. The number of hydrogen-bond donors (Lipinski definition) is 3. The highest BCUT2D eigenvalue weighted by Gasteiger charge is 2.23. The van der Waals surface area contributed by atoms with Crippen molar-refractivity contribution in [3.63, 3.8) is 0 Å². The van der Waals surface area contributed by atoms with Crippen molar-refractivity contribution in [1.29, 1.82) is 0 Å². The molecule has 26 heavy (non-hydrogen) atoms. The first-order valence-electron chi connectivity index (χ1n) is 8.88. The fourth-order valence-corrected chi connectivity index (χ4v) is 3.64. The highest BCUT2D eigenvalue weighted by atomic mass is 35.5. The van der Waals surface area contributed by atoms with Crippen LogP contribution in [0.1, 0.15) is 19.8 Å². The van der Waals surface area contributed by atoms with E-state index in [1.165, 1.54) is 0 Å². The van der Waals surface area contributed by atoms with Crippen LogP contribution in [-0.2, 0) is 10.0 Å². The fraction of sp³-hybridized carbons (Fsp3) is 0.588. The number of rotatable bonds is 8. The second-order valence-electron chi connectivity index (χ2n) is 6.21. The van der Waals surface area contributed by atoms with Crippen LogP contribution >= 0.6 is 11.6 Å². The van der Waals surface area contributed by atoms with Gasteiger partial charge in [-0.15, -0.1) is 0 Å². The van der Waals surface area contributed by atoms with Gasteiger partial charge in [-0.1, -0.05) is 17.7 Å². The lowest BCUT2D eigenvalue weighted by Crippen LogP contribution is -2.45. The monoisotopic (exact) mass is 401 g/mol. The molecule has 9 heteroatoms. The van der Waals surface area contributed by atoms with Crippen molar-refractivity contribution < 1.29 is 8.42 Å². The van der Waals surface area contributed by atoms with Crippen LogP contribution in [0, 0.1) is 0 Å². The zero-order valence-corrected chi connectivity index (χ0v) is 16.9. The van der Waals surface area contributed by atoms with Gasteiger partial charge in [0.05, 0.1) is 5.75 Å². The molecule has 146 valence electrons. The second-order valence-corrected chi connectivity index (χ2v) is 8.74. The van der Waals surface area contributed by atoms with Crippen molar-refractivity contribution in [3.05, 3.63) is 29.3 Å². The molecule has 1 aromatic carbocycles. The third-order valence-corrected chi connectivity index (χ3v) is 5.91. The van der Waals surface area contributed by atoms with E-state index in [0.717, 1.165) is 36.2 Å². The predicted octanol–water partition coefficient (Wildman–Crippen LogP) is 1.41. The molecule has 1 heterocycles. The summed E-state index contributed by atoms with van der Waals surface area (Å²) in [6.07, 6.45) is 1.71. The molecule has 1 unspecified atom stereocenters. The first kappa shape index (κ1) is 20.8. The van der Waals surface area contributed by atoms with E-state index in [-0.39, 0.29) is 5.75 Å². The summed E-state index contributed by atoms with van der Waals surface area (Å²) in [5.41, 5.74) is 1.13. The van der Waals surface area contributed by atoms with Crippen LogP contribution in [0.2, 0.25) is 5.02 Å². The van der Waals surface area contributed by atoms with E-state index in [1.54, 1.807) is 14.0 Å². The normalized spacial score (nSPS) is 18.2. The van der Waals surface area contributed by atoms with E-state index < -0.39 is 10.0 Å². The highest BCUT2D eigenvalue weighted by molar-refractivity contribution is 7.89. The zero-order valence-electron chi connectivity index (χ0n) is 15.3. The molecule has 1 saturated heterocycles. The van der Waals surface area contributed by atoms with E-state index in [4.69, 9.17) is 11.6 Å². The lowest BCUT2D eigenvalue weighted by molar-refractivity contribution is 0.579. The standard InChI is InChI=1S/C17H28ClN5O2S/c1-3-26(24,25)21-10-5-9-20-17(19-2)22-15-8-11-23(13-15)16-7-4-6-14(18)12-16/h4,6-7,12,15,21H,3,5,8-11,13H2,1-2H3,(H2,19,20,22). The molecule has 0 bridgehead atoms. The van der Waals surface area contributed by atoms with Crippen LogP contribution < -0.4 is 20.3 Å². The summed E-state index contributed by atoms with van der Waals surface area (Å²) < 4.78 is 25.3. The number of nitrogens with one attached hydrogen (secondary N) is 3. The Bertz CT molecular complexity index is 711. The Labute approximate surface area is 161 Å². The molecule has 2 rings (SSSR count). The lowest BCUT2D eigenvalue weighted by atomic mass is 10.2. The maximum atomic E-state index is 11.4. The third-order valence-electron chi connectivity index (χ3n) is 4.27. The van der Waals surface area contributed by atoms with Gasteiger partial charge in [-0.05, 0) is 38.0 Å². The van der Waals surface area contributed by atoms with Crippen molar-refractivity contribution in [2.24, 2.45) is 4.99 Å². The molecular formula is C17H28ClN5O2S. The van der Waals surface area contributed by atoms with Gasteiger partial charge in [0.25, 0.3) is 0 Å². The molecule has 0 aliphatic carbocycles. The van der Waals surface area contributed by atoms with Crippen LogP contribution in [0.15, 0.2) is 29.3 Å². The topological polar surface area (TPSA) is 85.8 Å². The Hall–Kier alpha value is -1.51. The summed E-state index contributed by atoms with van der Waals surface area (Å²) in [6.45, 7) is 4.55. The molecule has 0 amide bonds. The average molecular weight is 402 g/mol. The molecule has 1 fully saturated rings. The molecule has 0 spiro atoms. The van der Waals surface area contributed by atoms with Gasteiger partial charge >= 0.3 is 0 Å². The summed E-state index contributed by atoms with van der Waals surface area (Å²) in [4.78, 5) is 6.54. The molecule has 0 radical (unpaired) electrons. The third kappa shape index (κ3) is 6.66. The molecule has 0 saturated carbocycles. The number of hydrogen-bond acceptors (Lipinski definition) is 4. The Kier molecular flexibility index (Phi) is 7.99. The summed E-state index contributed by atoms with van der Waals surface area (Å²) >= 11 is 6.07. The van der Waals surface area contributed by atoms with Crippen LogP contribution in [-0.4, -0.2) is 59.4 Å². The van der Waals surface area contributed by atoms with Crippen molar-refractivity contribution in [2.45, 2.75) is 25.8 Å². The Morgan fingerprint density at radius 2 is 2.19 bits per heavy atom. The molecule has 7 nitrogen and oxygen atoms in total. The van der Waals surface area contributed by atoms with Gasteiger partial charge in [0.1, 0.15) is 0 Å². The van der Waals surface area contributed by atoms with E-state index in [0.29, 0.717) is 25.6 Å². The number of nitrogens with zero attached hydrogens (tertiary/aromatic N) is 2. The molecule has 1 atom stereocenters. The number of aliphatic imine (C=N–C) groups is 1. The van der Waals surface area contributed by atoms with Gasteiger partial charge in [-0.2, -0.15) is 0 Å². The smallest absolute Gasteiger partial charge is 0.211 e. The van der Waals surface area contributed by atoms with Crippen molar-refractivity contribution in [2.75, 3.05) is 43.9 Å². The molecule has 1 aromatic rings. The molecule has 1 aliphatic heterocycles. The van der Waals surface area contributed by atoms with Gasteiger partial charge < -0.3 is 15.5 Å². The first-order valence-corrected chi connectivity index (χ1v) is 10.9. The summed E-state index contributed by atoms with van der Waals surface area (Å²) in [5.74, 6) is 0.843. The van der Waals surface area contributed by atoms with Crippen molar-refractivity contribution >= 4 is 33.3 Å². The SMILES string of the molecule is CCS(=O)(=O)NCCCNC(=NC)NC1CCN(c2cccc(Cl)c2)C1. The van der Waals surface area contributed by atoms with Crippen LogP contribution in [0.25, 0.3) is 0 Å². The van der Waals surface area contributed by atoms with E-state index in [2.05, 4.69) is 31.3 Å². The van der Waals surface area contributed by atoms with E-state index in [1.807, 2.05) is 18.2 Å². The summed E-state index contributed by atoms with van der Waals surface area (Å²) in [6, 6.07) is 8.20. The number of halogens is 1. The number of guanidine groups is 1. The van der Waals surface area contributed by atoms with Gasteiger partial charge in [0.2, 0.25) is 10.0 Å². The minimum atomic E-state index is -3.12. The molecule has 3 N–H and O–H groups in total. The maximum absolute atomic E-state index is 11.4. The summed E-state index contributed by atoms with van der Waals surface area (Å²) in [5, 5.41) is 7.40. The number of benzene rings is 1. The molecule has 0 aromatic heterocycles. The van der Waals surface area contributed by atoms with E-state index >= 15 is 0 Å². The van der Waals surface area contributed by atoms with Crippen LogP contribution in [0.4, 0.5) is 5.69 Å². The Balaban J connectivity index is 1.72. The molecular weight excluding hydrogens is 374 g/mol. The molecule has 1 aliphatic rings. The quantitative estimate of drug-likeness (QED) is 0.348. The van der Waals surface area contributed by atoms with Gasteiger partial charge in [-0.3, -0.25) is 4.99 Å². The van der Waals surface area contributed by atoms with Crippen molar-refractivity contribution in [1.82, 2.24) is 15.4 Å². The maximum Gasteiger partial charge on any atom is 0.211 e. The average Bonchev–Trinajstić information content (AvgIpc) is 3.09. The minimum Gasteiger partial charge on any atom is -0.369 e. The van der Waals surface area contributed by atoms with Crippen molar-refractivity contribution in [3.8, 4) is 0 Å². The number of anilines is 1. The Morgan fingerprint density at radius 1 is 1.38 bits per heavy atom. The van der Waals surface area contributed by atoms with Gasteiger partial charge in [-0.25, -0.2) is 13.1 Å². The van der Waals surface area contributed by atoms with Crippen LogP contribution in [0.5, 0.6) is 0 Å². The largest absolute Gasteiger partial charge is 0.369 e. The van der Waals surface area contributed by atoms with Gasteiger partial charge in [0.15, 0.2) is 5.96 Å². The van der Waals surface area contributed by atoms with Gasteiger partial charge in [0, 0.05) is 50.0 Å². The zero-order chi connectivity index (χ0) is 19.0. The predicted molar refractivity (Wildman–Crippen MR) is 109 cm³/mol. The fourth-order valence-electron chi connectivity index (χ4n) is 2.80. The highest BCUT2D eigenvalue weighted by Crippen LogP contribution is 2.23. The number of sulfonamides is 1. The van der Waals surface area contributed by atoms with Crippen LogP contribution in [0.3, 0.4) is 0 Å². The summed E-state index contributed by atoms with van der Waals surface area (Å²) in [7, 11) is -1.38. The first-order chi connectivity index (χ1) is 12.4. The second kappa shape index (κ2) is 9.99.